The van der Waals surface area contributed by atoms with E-state index in [2.05, 4.69) is 9.71 Å². The van der Waals surface area contributed by atoms with Crippen LogP contribution in [-0.4, -0.2) is 26.8 Å². The molecule has 0 aliphatic heterocycles. The highest BCUT2D eigenvalue weighted by molar-refractivity contribution is 7.92. The maximum atomic E-state index is 13.9. The molecule has 1 aliphatic rings. The highest BCUT2D eigenvalue weighted by atomic mass is 35.5. The van der Waals surface area contributed by atoms with Crippen LogP contribution in [0, 0.1) is 5.82 Å². The molecule has 0 bridgehead atoms. The quantitative estimate of drug-likeness (QED) is 0.363. The number of rotatable bonds is 7. The number of anilines is 1. The Bertz CT molecular complexity index is 1390. The molecule has 0 atom stereocenters. The van der Waals surface area contributed by atoms with E-state index in [1.807, 2.05) is 12.2 Å². The van der Waals surface area contributed by atoms with Crippen LogP contribution in [-0.2, 0) is 14.9 Å². The van der Waals surface area contributed by atoms with Gasteiger partial charge in [-0.15, -0.1) is 11.6 Å². The second-order valence-corrected chi connectivity index (χ2v) is 10.5. The van der Waals surface area contributed by atoms with Crippen LogP contribution in [0.4, 0.5) is 10.1 Å². The van der Waals surface area contributed by atoms with E-state index < -0.39 is 26.3 Å². The second-order valence-electron chi connectivity index (χ2n) is 8.00. The Labute approximate surface area is 196 Å². The number of sulfonamides is 1. The van der Waals surface area contributed by atoms with Gasteiger partial charge in [-0.3, -0.25) is 9.52 Å². The molecule has 9 heteroatoms. The number of aromatic amines is 1. The molecule has 0 spiro atoms. The smallest absolute Gasteiger partial charge is 0.256 e. The van der Waals surface area contributed by atoms with Gasteiger partial charge in [-0.2, -0.15) is 0 Å². The average molecular weight is 489 g/mol. The summed E-state index contributed by atoms with van der Waals surface area (Å²) in [6.07, 6.45) is 7.30. The molecule has 2 aromatic carbocycles. The third-order valence-corrected chi connectivity index (χ3v) is 6.53. The molecule has 0 radical (unpaired) electrons. The van der Waals surface area contributed by atoms with Gasteiger partial charge in [-0.25, -0.2) is 12.8 Å². The van der Waals surface area contributed by atoms with Crippen LogP contribution < -0.4 is 15.0 Å². The van der Waals surface area contributed by atoms with Crippen LogP contribution in [0.5, 0.6) is 5.75 Å². The van der Waals surface area contributed by atoms with Gasteiger partial charge in [0.2, 0.25) is 10.0 Å². The van der Waals surface area contributed by atoms with Crippen LogP contribution in [0.2, 0.25) is 0 Å². The summed E-state index contributed by atoms with van der Waals surface area (Å²) in [5.74, 6) is 0.0413. The minimum Gasteiger partial charge on any atom is -0.496 e. The number of hydrogen-bond acceptors (Lipinski definition) is 4. The Morgan fingerprint density at radius 1 is 1.15 bits per heavy atom. The molecule has 6 nitrogen and oxygen atoms in total. The van der Waals surface area contributed by atoms with Crippen LogP contribution in [0.3, 0.4) is 0 Å². The number of aromatic nitrogens is 1. The lowest BCUT2D eigenvalue weighted by molar-refractivity contribution is 0.407. The average Bonchev–Trinajstić information content (AvgIpc) is 3.51. The number of H-pyrrole nitrogens is 1. The van der Waals surface area contributed by atoms with Gasteiger partial charge in [-0.05, 0) is 54.3 Å². The van der Waals surface area contributed by atoms with Gasteiger partial charge in [0.15, 0.2) is 0 Å². The van der Waals surface area contributed by atoms with Crippen LogP contribution in [0.15, 0.2) is 53.5 Å². The lowest BCUT2D eigenvalue weighted by Crippen LogP contribution is -2.10. The minimum atomic E-state index is -3.36. The van der Waals surface area contributed by atoms with Crippen molar-refractivity contribution in [3.63, 3.8) is 0 Å². The van der Waals surface area contributed by atoms with E-state index in [-0.39, 0.29) is 5.56 Å². The Kier molecular flexibility index (Phi) is 6.07. The molecule has 2 N–H and O–H groups in total. The zero-order valence-corrected chi connectivity index (χ0v) is 19.6. The summed E-state index contributed by atoms with van der Waals surface area (Å²) in [6, 6.07) is 11.6. The van der Waals surface area contributed by atoms with Gasteiger partial charge in [0.25, 0.3) is 5.56 Å². The molecule has 1 aromatic heterocycles. The van der Waals surface area contributed by atoms with Gasteiger partial charge < -0.3 is 9.72 Å². The Hall–Kier alpha value is -3.10. The summed E-state index contributed by atoms with van der Waals surface area (Å²) in [5, 5.41) is 0. The van der Waals surface area contributed by atoms with Crippen molar-refractivity contribution >= 4 is 39.5 Å². The van der Waals surface area contributed by atoms with Gasteiger partial charge in [-0.1, -0.05) is 24.3 Å². The van der Waals surface area contributed by atoms with Crippen LogP contribution in [0.1, 0.15) is 29.5 Å². The van der Waals surface area contributed by atoms with Gasteiger partial charge in [0, 0.05) is 28.6 Å². The monoisotopic (exact) mass is 488 g/mol. The first kappa shape index (κ1) is 23.1. The summed E-state index contributed by atoms with van der Waals surface area (Å²) < 4.78 is 44.7. The predicted octanol–water partition coefficient (Wildman–Crippen LogP) is 4.96. The number of nitrogens with one attached hydrogen (secondary N) is 2. The molecule has 1 aliphatic carbocycles. The van der Waals surface area contributed by atoms with Crippen LogP contribution >= 0.6 is 11.6 Å². The highest BCUT2D eigenvalue weighted by Gasteiger charge is 2.45. The minimum absolute atomic E-state index is 0.200. The van der Waals surface area contributed by atoms with E-state index in [4.69, 9.17) is 16.3 Å². The Morgan fingerprint density at radius 2 is 1.85 bits per heavy atom. The first-order chi connectivity index (χ1) is 15.6. The maximum Gasteiger partial charge on any atom is 0.256 e. The molecule has 172 valence electrons. The molecule has 0 saturated heterocycles. The Morgan fingerprint density at radius 3 is 2.45 bits per heavy atom. The van der Waals surface area contributed by atoms with E-state index in [1.54, 1.807) is 43.5 Å². The normalized spacial score (nSPS) is 14.9. The number of hydrogen-bond donors (Lipinski definition) is 2. The van der Waals surface area contributed by atoms with Crippen molar-refractivity contribution in [1.29, 1.82) is 0 Å². The van der Waals surface area contributed by atoms with Crippen molar-refractivity contribution in [3.8, 4) is 16.9 Å². The standard InChI is InChI=1S/C24H22ClFN2O4S/c1-32-22-16(6-3-15-4-7-19(8-5-15)28-33(2,30)31)11-17(12-21(22)24(25)9-10-24)20-13-18(26)14-27-23(20)29/h3-8,11-14,28H,9-10H2,1-2H3,(H,27,29)/b6-3+. The lowest BCUT2D eigenvalue weighted by Gasteiger charge is -2.17. The third kappa shape index (κ3) is 5.29. The molecule has 3 aromatic rings. The molecule has 0 unspecified atom stereocenters. The molecule has 4 rings (SSSR count). The summed E-state index contributed by atoms with van der Waals surface area (Å²) in [6.45, 7) is 0. The lowest BCUT2D eigenvalue weighted by atomic mass is 9.96. The largest absolute Gasteiger partial charge is 0.496 e. The van der Waals surface area contributed by atoms with Crippen molar-refractivity contribution in [2.75, 3.05) is 18.1 Å². The fourth-order valence-electron chi connectivity index (χ4n) is 3.60. The topological polar surface area (TPSA) is 88.3 Å². The second kappa shape index (κ2) is 8.68. The zero-order chi connectivity index (χ0) is 23.8. The van der Waals surface area contributed by atoms with E-state index in [0.29, 0.717) is 22.6 Å². The van der Waals surface area contributed by atoms with Crippen LogP contribution in [0.25, 0.3) is 23.3 Å². The van der Waals surface area contributed by atoms with Crippen molar-refractivity contribution in [1.82, 2.24) is 4.98 Å². The van der Waals surface area contributed by atoms with E-state index in [1.165, 1.54) is 6.07 Å². The molecule has 33 heavy (non-hydrogen) atoms. The molecule has 1 saturated carbocycles. The fraction of sp³-hybridized carbons (Fsp3) is 0.208. The SMILES string of the molecule is COc1c(/C=C/c2ccc(NS(C)(=O)=O)cc2)cc(-c2cc(F)c[nH]c2=O)cc1C1(Cl)CC1. The zero-order valence-electron chi connectivity index (χ0n) is 18.0. The first-order valence-electron chi connectivity index (χ1n) is 10.1. The van der Waals surface area contributed by atoms with E-state index in [0.717, 1.165) is 36.4 Å². The van der Waals surface area contributed by atoms with Crippen molar-refractivity contribution in [2.45, 2.75) is 17.7 Å². The maximum absolute atomic E-state index is 13.9. The molecule has 1 heterocycles. The number of benzene rings is 2. The first-order valence-corrected chi connectivity index (χ1v) is 12.4. The van der Waals surface area contributed by atoms with Gasteiger partial charge in [0.05, 0.1) is 18.2 Å². The summed E-state index contributed by atoms with van der Waals surface area (Å²) in [5.41, 5.74) is 3.03. The molecule has 0 amide bonds. The number of alkyl halides is 1. The predicted molar refractivity (Wildman–Crippen MR) is 130 cm³/mol. The summed E-state index contributed by atoms with van der Waals surface area (Å²) >= 11 is 6.72. The highest BCUT2D eigenvalue weighted by Crippen LogP contribution is 2.56. The summed E-state index contributed by atoms with van der Waals surface area (Å²) in [7, 11) is -1.80. The van der Waals surface area contributed by atoms with Crippen molar-refractivity contribution in [2.24, 2.45) is 0 Å². The van der Waals surface area contributed by atoms with Gasteiger partial charge in [0.1, 0.15) is 11.6 Å². The number of halogens is 2. The number of methoxy groups -OCH3 is 1. The summed E-state index contributed by atoms with van der Waals surface area (Å²) in [4.78, 5) is 14.2. The van der Waals surface area contributed by atoms with E-state index >= 15 is 0 Å². The Balaban J connectivity index is 1.77. The van der Waals surface area contributed by atoms with Crippen molar-refractivity contribution in [3.05, 3.63) is 81.5 Å². The number of pyridine rings is 1. The number of ether oxygens (including phenoxy) is 1. The molecule has 1 fully saturated rings. The van der Waals surface area contributed by atoms with Crippen molar-refractivity contribution < 1.29 is 17.5 Å². The molecular weight excluding hydrogens is 467 g/mol. The molecular formula is C24H22ClFN2O4S. The van der Waals surface area contributed by atoms with E-state index in [9.17, 15) is 17.6 Å². The fourth-order valence-corrected chi connectivity index (χ4v) is 4.40. The van der Waals surface area contributed by atoms with Gasteiger partial charge >= 0.3 is 0 Å². The third-order valence-electron chi connectivity index (χ3n) is 5.34.